The Labute approximate surface area is 207 Å². The van der Waals surface area contributed by atoms with Crippen LogP contribution in [0.15, 0.2) is 55.0 Å². The van der Waals surface area contributed by atoms with Crippen molar-refractivity contribution in [3.63, 3.8) is 0 Å². The number of benzene rings is 1. The van der Waals surface area contributed by atoms with Crippen molar-refractivity contribution in [1.29, 1.82) is 0 Å². The lowest BCUT2D eigenvalue weighted by Gasteiger charge is -2.29. The number of imidazole rings is 1. The lowest BCUT2D eigenvalue weighted by atomic mass is 10.1. The van der Waals surface area contributed by atoms with Crippen molar-refractivity contribution < 1.29 is 5.11 Å². The minimum absolute atomic E-state index is 0.0210. The van der Waals surface area contributed by atoms with E-state index in [-0.39, 0.29) is 24.7 Å². The molecule has 4 aromatic rings. The van der Waals surface area contributed by atoms with Gasteiger partial charge < -0.3 is 19.9 Å². The van der Waals surface area contributed by atoms with Crippen LogP contribution < -0.4 is 10.2 Å². The molecule has 0 aliphatic rings. The van der Waals surface area contributed by atoms with Gasteiger partial charge in [-0.15, -0.1) is 0 Å². The van der Waals surface area contributed by atoms with E-state index < -0.39 is 0 Å². The second-order valence-corrected chi connectivity index (χ2v) is 9.35. The first-order chi connectivity index (χ1) is 16.9. The standard InChI is InChI=1S/C27H35N7O/c1-6-22(16-35)30-27-31-25(24-26(32-27)34(17-29-24)19(4)5)33(18(2)3)15-20-10-12-21(13-11-20)23-9-7-8-14-28-23/h7-14,17-19,22,35H,6,15-16H2,1-5H3,(H,30,31,32)/t22-/m1/s1. The maximum absolute atomic E-state index is 9.72. The molecule has 1 aromatic carbocycles. The van der Waals surface area contributed by atoms with Crippen LogP contribution in [0.5, 0.6) is 0 Å². The van der Waals surface area contributed by atoms with E-state index in [2.05, 4.69) is 71.7 Å². The fourth-order valence-electron chi connectivity index (χ4n) is 4.02. The fraction of sp³-hybridized carbons (Fsp3) is 0.407. The summed E-state index contributed by atoms with van der Waals surface area (Å²) in [6.45, 7) is 11.3. The number of nitrogens with zero attached hydrogens (tertiary/aromatic N) is 6. The third-order valence-corrected chi connectivity index (χ3v) is 6.17. The Balaban J connectivity index is 1.72. The normalized spacial score (nSPS) is 12.5. The molecule has 1 atom stereocenters. The highest BCUT2D eigenvalue weighted by molar-refractivity contribution is 5.85. The van der Waals surface area contributed by atoms with Gasteiger partial charge in [-0.25, -0.2) is 4.98 Å². The molecule has 0 saturated heterocycles. The van der Waals surface area contributed by atoms with Crippen molar-refractivity contribution in [1.82, 2.24) is 24.5 Å². The van der Waals surface area contributed by atoms with E-state index in [0.29, 0.717) is 12.5 Å². The lowest BCUT2D eigenvalue weighted by molar-refractivity contribution is 0.271. The number of hydrogen-bond acceptors (Lipinski definition) is 7. The number of hydrogen-bond donors (Lipinski definition) is 2. The zero-order valence-corrected chi connectivity index (χ0v) is 21.2. The topological polar surface area (TPSA) is 92.0 Å². The van der Waals surface area contributed by atoms with Gasteiger partial charge in [0, 0.05) is 30.4 Å². The zero-order valence-electron chi connectivity index (χ0n) is 21.2. The Hall–Kier alpha value is -3.52. The van der Waals surface area contributed by atoms with Gasteiger partial charge in [0.05, 0.1) is 24.7 Å². The number of fused-ring (bicyclic) bond motifs is 1. The molecule has 8 heteroatoms. The van der Waals surface area contributed by atoms with Gasteiger partial charge in [-0.2, -0.15) is 9.97 Å². The molecule has 0 bridgehead atoms. The first-order valence-electron chi connectivity index (χ1n) is 12.3. The summed E-state index contributed by atoms with van der Waals surface area (Å²) in [4.78, 5) is 21.1. The minimum Gasteiger partial charge on any atom is -0.394 e. The molecule has 0 aliphatic heterocycles. The number of pyridine rings is 1. The molecule has 4 rings (SSSR count). The number of aromatic nitrogens is 5. The van der Waals surface area contributed by atoms with Crippen LogP contribution in [0, 0.1) is 0 Å². The second-order valence-electron chi connectivity index (χ2n) is 9.35. The van der Waals surface area contributed by atoms with Crippen molar-refractivity contribution in [3.05, 3.63) is 60.6 Å². The van der Waals surface area contributed by atoms with Crippen LogP contribution in [-0.4, -0.2) is 48.3 Å². The maximum atomic E-state index is 9.72. The van der Waals surface area contributed by atoms with Gasteiger partial charge in [0.2, 0.25) is 5.95 Å². The third-order valence-electron chi connectivity index (χ3n) is 6.17. The van der Waals surface area contributed by atoms with E-state index in [1.165, 1.54) is 5.56 Å². The first-order valence-corrected chi connectivity index (χ1v) is 12.3. The second kappa shape index (κ2) is 10.8. The molecule has 0 aliphatic carbocycles. The molecule has 0 unspecified atom stereocenters. The number of rotatable bonds is 10. The molecule has 0 saturated carbocycles. The summed E-state index contributed by atoms with van der Waals surface area (Å²) in [6.07, 6.45) is 4.42. The molecule has 3 aromatic heterocycles. The number of aliphatic hydroxyl groups is 1. The van der Waals surface area contributed by atoms with Gasteiger partial charge in [0.1, 0.15) is 0 Å². The smallest absolute Gasteiger partial charge is 0.227 e. The quantitative estimate of drug-likeness (QED) is 0.332. The maximum Gasteiger partial charge on any atom is 0.227 e. The molecule has 0 fully saturated rings. The van der Waals surface area contributed by atoms with Crippen LogP contribution in [0.2, 0.25) is 0 Å². The summed E-state index contributed by atoms with van der Waals surface area (Å²) < 4.78 is 2.06. The van der Waals surface area contributed by atoms with Gasteiger partial charge in [-0.05, 0) is 51.8 Å². The number of nitrogens with one attached hydrogen (secondary N) is 1. The van der Waals surface area contributed by atoms with Crippen LogP contribution in [0.25, 0.3) is 22.4 Å². The Morgan fingerprint density at radius 1 is 1.00 bits per heavy atom. The van der Waals surface area contributed by atoms with Crippen molar-refractivity contribution in [2.75, 3.05) is 16.8 Å². The van der Waals surface area contributed by atoms with Crippen molar-refractivity contribution in [2.45, 2.75) is 65.7 Å². The molecule has 184 valence electrons. The SMILES string of the molecule is CC[C@H](CO)Nc1nc(N(Cc2ccc(-c3ccccn3)cc2)C(C)C)c2ncn(C(C)C)c2n1. The van der Waals surface area contributed by atoms with E-state index in [1.807, 2.05) is 37.6 Å². The molecule has 35 heavy (non-hydrogen) atoms. The highest BCUT2D eigenvalue weighted by atomic mass is 16.3. The van der Waals surface area contributed by atoms with Crippen molar-refractivity contribution in [3.8, 4) is 11.3 Å². The van der Waals surface area contributed by atoms with E-state index in [9.17, 15) is 5.11 Å². The van der Waals surface area contributed by atoms with Gasteiger partial charge in [0.15, 0.2) is 17.0 Å². The number of aliphatic hydroxyl groups excluding tert-OH is 1. The molecule has 0 amide bonds. The molecule has 0 spiro atoms. The monoisotopic (exact) mass is 473 g/mol. The zero-order chi connectivity index (χ0) is 24.9. The Morgan fingerprint density at radius 2 is 1.77 bits per heavy atom. The third kappa shape index (κ3) is 5.43. The predicted molar refractivity (Wildman–Crippen MR) is 141 cm³/mol. The van der Waals surface area contributed by atoms with Crippen LogP contribution in [0.3, 0.4) is 0 Å². The van der Waals surface area contributed by atoms with Crippen molar-refractivity contribution >= 4 is 22.9 Å². The van der Waals surface area contributed by atoms with Gasteiger partial charge >= 0.3 is 0 Å². The van der Waals surface area contributed by atoms with Gasteiger partial charge in [-0.1, -0.05) is 37.3 Å². The van der Waals surface area contributed by atoms with Crippen molar-refractivity contribution in [2.24, 2.45) is 0 Å². The lowest BCUT2D eigenvalue weighted by Crippen LogP contribution is -2.32. The van der Waals surface area contributed by atoms with Crippen LogP contribution in [-0.2, 0) is 6.54 Å². The van der Waals surface area contributed by atoms with Crippen LogP contribution in [0.1, 0.15) is 52.6 Å². The van der Waals surface area contributed by atoms with E-state index in [4.69, 9.17) is 15.0 Å². The summed E-state index contributed by atoms with van der Waals surface area (Å²) in [6, 6.07) is 14.7. The van der Waals surface area contributed by atoms with Crippen LogP contribution in [0.4, 0.5) is 11.8 Å². The summed E-state index contributed by atoms with van der Waals surface area (Å²) >= 11 is 0. The van der Waals surface area contributed by atoms with E-state index in [1.54, 1.807) is 0 Å². The number of anilines is 2. The summed E-state index contributed by atoms with van der Waals surface area (Å²) in [7, 11) is 0. The Morgan fingerprint density at radius 3 is 2.37 bits per heavy atom. The Bertz CT molecular complexity index is 1230. The first kappa shape index (κ1) is 24.6. The summed E-state index contributed by atoms with van der Waals surface area (Å²) in [5.74, 6) is 1.29. The molecular weight excluding hydrogens is 438 g/mol. The Kier molecular flexibility index (Phi) is 7.60. The average Bonchev–Trinajstić information content (AvgIpc) is 3.30. The molecule has 0 radical (unpaired) electrons. The highest BCUT2D eigenvalue weighted by Crippen LogP contribution is 2.29. The highest BCUT2D eigenvalue weighted by Gasteiger charge is 2.22. The molecule has 3 heterocycles. The van der Waals surface area contributed by atoms with E-state index in [0.717, 1.165) is 34.7 Å². The average molecular weight is 474 g/mol. The van der Waals surface area contributed by atoms with Crippen LogP contribution >= 0.6 is 0 Å². The largest absolute Gasteiger partial charge is 0.394 e. The predicted octanol–water partition coefficient (Wildman–Crippen LogP) is 5.07. The summed E-state index contributed by atoms with van der Waals surface area (Å²) in [5, 5.41) is 13.0. The van der Waals surface area contributed by atoms with Gasteiger partial charge in [0.25, 0.3) is 0 Å². The molecule has 8 nitrogen and oxygen atoms in total. The molecule has 2 N–H and O–H groups in total. The van der Waals surface area contributed by atoms with E-state index >= 15 is 0 Å². The minimum atomic E-state index is -0.109. The fourth-order valence-corrected chi connectivity index (χ4v) is 4.02. The van der Waals surface area contributed by atoms with Gasteiger partial charge in [-0.3, -0.25) is 4.98 Å². The summed E-state index contributed by atoms with van der Waals surface area (Å²) in [5.41, 5.74) is 4.79. The molecular formula is C27H35N7O.